The van der Waals surface area contributed by atoms with Crippen LogP contribution in [0.2, 0.25) is 0 Å². The average Bonchev–Trinajstić information content (AvgIpc) is 3.19. The highest BCUT2D eigenvalue weighted by Gasteiger charge is 2.27. The SMILES string of the molecule is O=C1/C(=C/c2ccc3c(c2)OCO3)CCN1Cc1c(F)cccc1F. The summed E-state index contributed by atoms with van der Waals surface area (Å²) < 4.78 is 38.2. The number of ether oxygens (including phenoxy) is 2. The van der Waals surface area contributed by atoms with E-state index in [-0.39, 0.29) is 24.8 Å². The van der Waals surface area contributed by atoms with Crippen molar-refractivity contribution in [2.24, 2.45) is 0 Å². The Labute approximate surface area is 143 Å². The highest BCUT2D eigenvalue weighted by molar-refractivity contribution is 5.99. The van der Waals surface area contributed by atoms with Gasteiger partial charge in [0.05, 0.1) is 6.54 Å². The zero-order chi connectivity index (χ0) is 17.4. The molecule has 0 aliphatic carbocycles. The van der Waals surface area contributed by atoms with Crippen LogP contribution in [-0.2, 0) is 11.3 Å². The molecule has 0 bridgehead atoms. The first-order chi connectivity index (χ1) is 12.1. The number of amides is 1. The standard InChI is InChI=1S/C19H15F2NO3/c20-15-2-1-3-16(21)14(15)10-22-7-6-13(19(22)23)8-12-4-5-17-18(9-12)25-11-24-17/h1-5,8-9H,6-7,10-11H2/b13-8+. The van der Waals surface area contributed by atoms with Crippen molar-refractivity contribution >= 4 is 12.0 Å². The van der Waals surface area contributed by atoms with Crippen LogP contribution >= 0.6 is 0 Å². The summed E-state index contributed by atoms with van der Waals surface area (Å²) in [7, 11) is 0. The van der Waals surface area contributed by atoms with E-state index in [0.717, 1.165) is 5.56 Å². The fourth-order valence-corrected chi connectivity index (χ4v) is 3.03. The van der Waals surface area contributed by atoms with E-state index in [2.05, 4.69) is 0 Å². The Bertz CT molecular complexity index is 859. The maximum atomic E-state index is 13.8. The van der Waals surface area contributed by atoms with Crippen LogP contribution in [0.1, 0.15) is 17.5 Å². The van der Waals surface area contributed by atoms with Gasteiger partial charge in [0, 0.05) is 17.7 Å². The second kappa shape index (κ2) is 6.20. The van der Waals surface area contributed by atoms with Crippen molar-refractivity contribution in [1.29, 1.82) is 0 Å². The average molecular weight is 343 g/mol. The van der Waals surface area contributed by atoms with Gasteiger partial charge in [-0.25, -0.2) is 8.78 Å². The zero-order valence-corrected chi connectivity index (χ0v) is 13.3. The first kappa shape index (κ1) is 15.6. The third-order valence-electron chi connectivity index (χ3n) is 4.36. The molecule has 1 saturated heterocycles. The number of fused-ring (bicyclic) bond motifs is 1. The first-order valence-electron chi connectivity index (χ1n) is 7.94. The highest BCUT2D eigenvalue weighted by atomic mass is 19.1. The number of carbonyl (C=O) groups excluding carboxylic acids is 1. The van der Waals surface area contributed by atoms with E-state index in [0.29, 0.717) is 30.0 Å². The van der Waals surface area contributed by atoms with Gasteiger partial charge < -0.3 is 14.4 Å². The Kier molecular flexibility index (Phi) is 3.87. The molecule has 0 radical (unpaired) electrons. The van der Waals surface area contributed by atoms with Gasteiger partial charge in [-0.1, -0.05) is 12.1 Å². The van der Waals surface area contributed by atoms with Crippen LogP contribution in [0.15, 0.2) is 42.0 Å². The highest BCUT2D eigenvalue weighted by Crippen LogP contribution is 2.33. The molecule has 0 atom stereocenters. The van der Waals surface area contributed by atoms with Crippen LogP contribution in [-0.4, -0.2) is 24.1 Å². The Hall–Kier alpha value is -2.89. The fraction of sp³-hybridized carbons (Fsp3) is 0.211. The second-order valence-corrected chi connectivity index (χ2v) is 5.96. The molecule has 2 aliphatic heterocycles. The maximum absolute atomic E-state index is 13.8. The molecule has 0 N–H and O–H groups in total. The van der Waals surface area contributed by atoms with E-state index < -0.39 is 11.6 Å². The topological polar surface area (TPSA) is 38.8 Å². The first-order valence-corrected chi connectivity index (χ1v) is 7.94. The van der Waals surface area contributed by atoms with E-state index in [1.807, 2.05) is 12.1 Å². The lowest BCUT2D eigenvalue weighted by molar-refractivity contribution is -0.125. The summed E-state index contributed by atoms with van der Waals surface area (Å²) in [5.74, 6) is -0.163. The number of hydrogen-bond acceptors (Lipinski definition) is 3. The summed E-state index contributed by atoms with van der Waals surface area (Å²) >= 11 is 0. The van der Waals surface area contributed by atoms with Gasteiger partial charge in [0.1, 0.15) is 11.6 Å². The number of halogens is 2. The molecule has 1 fully saturated rings. The molecule has 0 spiro atoms. The van der Waals surface area contributed by atoms with Crippen molar-refractivity contribution < 1.29 is 23.0 Å². The fourth-order valence-electron chi connectivity index (χ4n) is 3.03. The Morgan fingerprint density at radius 3 is 2.64 bits per heavy atom. The summed E-state index contributed by atoms with van der Waals surface area (Å²) in [4.78, 5) is 14.0. The number of nitrogens with zero attached hydrogens (tertiary/aromatic N) is 1. The van der Waals surface area contributed by atoms with Crippen LogP contribution in [0.4, 0.5) is 8.78 Å². The van der Waals surface area contributed by atoms with Gasteiger partial charge >= 0.3 is 0 Å². The third-order valence-corrected chi connectivity index (χ3v) is 4.36. The molecular formula is C19H15F2NO3. The van der Waals surface area contributed by atoms with Crippen molar-refractivity contribution in [2.45, 2.75) is 13.0 Å². The maximum Gasteiger partial charge on any atom is 0.250 e. The predicted octanol–water partition coefficient (Wildman–Crippen LogP) is 3.51. The quantitative estimate of drug-likeness (QED) is 0.801. The van der Waals surface area contributed by atoms with Gasteiger partial charge in [0.25, 0.3) is 0 Å². The van der Waals surface area contributed by atoms with E-state index in [9.17, 15) is 13.6 Å². The van der Waals surface area contributed by atoms with E-state index >= 15 is 0 Å². The Morgan fingerprint density at radius 2 is 1.84 bits per heavy atom. The van der Waals surface area contributed by atoms with Crippen molar-refractivity contribution in [1.82, 2.24) is 4.90 Å². The molecular weight excluding hydrogens is 328 g/mol. The molecule has 2 heterocycles. The van der Waals surface area contributed by atoms with E-state index in [4.69, 9.17) is 9.47 Å². The van der Waals surface area contributed by atoms with Crippen molar-refractivity contribution in [3.05, 3.63) is 64.7 Å². The molecule has 2 aromatic carbocycles. The summed E-state index contributed by atoms with van der Waals surface area (Å²) in [6, 6.07) is 9.14. The molecule has 25 heavy (non-hydrogen) atoms. The van der Waals surface area contributed by atoms with Gasteiger partial charge in [-0.2, -0.15) is 0 Å². The minimum absolute atomic E-state index is 0.0736. The summed E-state index contributed by atoms with van der Waals surface area (Å²) in [6.45, 7) is 0.551. The monoisotopic (exact) mass is 343 g/mol. The predicted molar refractivity (Wildman–Crippen MR) is 86.9 cm³/mol. The molecule has 2 aromatic rings. The van der Waals surface area contributed by atoms with Crippen LogP contribution in [0.3, 0.4) is 0 Å². The molecule has 4 rings (SSSR count). The Balaban J connectivity index is 1.53. The van der Waals surface area contributed by atoms with E-state index in [1.165, 1.54) is 23.1 Å². The lowest BCUT2D eigenvalue weighted by Crippen LogP contribution is -2.25. The summed E-state index contributed by atoms with van der Waals surface area (Å²) in [6.07, 6.45) is 2.31. The van der Waals surface area contributed by atoms with E-state index in [1.54, 1.807) is 12.1 Å². The van der Waals surface area contributed by atoms with Crippen molar-refractivity contribution in [3.63, 3.8) is 0 Å². The van der Waals surface area contributed by atoms with Crippen molar-refractivity contribution in [2.75, 3.05) is 13.3 Å². The number of likely N-dealkylation sites (tertiary alicyclic amines) is 1. The van der Waals surface area contributed by atoms with Crippen LogP contribution in [0.25, 0.3) is 6.08 Å². The lowest BCUT2D eigenvalue weighted by Gasteiger charge is -2.16. The molecule has 4 nitrogen and oxygen atoms in total. The summed E-state index contributed by atoms with van der Waals surface area (Å²) in [5.41, 5.74) is 1.35. The van der Waals surface area contributed by atoms with Crippen LogP contribution in [0.5, 0.6) is 11.5 Å². The Morgan fingerprint density at radius 1 is 1.08 bits per heavy atom. The molecule has 6 heteroatoms. The molecule has 2 aliphatic rings. The number of carbonyl (C=O) groups is 1. The molecule has 128 valence electrons. The van der Waals surface area contributed by atoms with Crippen LogP contribution in [0, 0.1) is 11.6 Å². The smallest absolute Gasteiger partial charge is 0.250 e. The number of hydrogen-bond donors (Lipinski definition) is 0. The zero-order valence-electron chi connectivity index (χ0n) is 13.3. The lowest BCUT2D eigenvalue weighted by atomic mass is 10.1. The molecule has 0 aromatic heterocycles. The number of rotatable bonds is 3. The van der Waals surface area contributed by atoms with Gasteiger partial charge in [0.15, 0.2) is 11.5 Å². The number of benzene rings is 2. The molecule has 0 saturated carbocycles. The largest absolute Gasteiger partial charge is 0.454 e. The third kappa shape index (κ3) is 2.95. The molecule has 1 amide bonds. The summed E-state index contributed by atoms with van der Waals surface area (Å²) in [5, 5.41) is 0. The van der Waals surface area contributed by atoms with Gasteiger partial charge in [-0.15, -0.1) is 0 Å². The van der Waals surface area contributed by atoms with Gasteiger partial charge in [-0.05, 0) is 42.3 Å². The second-order valence-electron chi connectivity index (χ2n) is 5.96. The molecule has 0 unspecified atom stereocenters. The minimum atomic E-state index is -0.638. The van der Waals surface area contributed by atoms with Gasteiger partial charge in [-0.3, -0.25) is 4.79 Å². The van der Waals surface area contributed by atoms with Crippen LogP contribution < -0.4 is 9.47 Å². The minimum Gasteiger partial charge on any atom is -0.454 e. The van der Waals surface area contributed by atoms with Gasteiger partial charge in [0.2, 0.25) is 12.7 Å². The van der Waals surface area contributed by atoms with Crippen molar-refractivity contribution in [3.8, 4) is 11.5 Å². The normalized spacial score (nSPS) is 17.6.